The average molecular weight is 479 g/mol. The lowest BCUT2D eigenvalue weighted by Crippen LogP contribution is -2.57. The molecular formula is C26H23F2N3O4. The summed E-state index contributed by atoms with van der Waals surface area (Å²) in [5.41, 5.74) is 0.159. The summed E-state index contributed by atoms with van der Waals surface area (Å²) in [5.74, 6) is -3.58. The number of amides is 1. The molecule has 1 aromatic heterocycles. The number of hydrogen-bond donors (Lipinski definition) is 1. The zero-order valence-electron chi connectivity index (χ0n) is 18.9. The van der Waals surface area contributed by atoms with E-state index in [1.807, 2.05) is 37.3 Å². The molecule has 0 spiro atoms. The maximum atomic E-state index is 15.1. The van der Waals surface area contributed by atoms with Crippen molar-refractivity contribution >= 4 is 5.91 Å². The first-order chi connectivity index (χ1) is 16.9. The summed E-state index contributed by atoms with van der Waals surface area (Å²) in [6, 6.07) is 11.6. The normalized spacial score (nSPS) is 20.4. The summed E-state index contributed by atoms with van der Waals surface area (Å²) in [6.07, 6.45) is 5.35. The smallest absolute Gasteiger partial charge is 0.278 e. The number of ether oxygens (including phenoxy) is 1. The van der Waals surface area contributed by atoms with E-state index in [1.165, 1.54) is 16.9 Å². The van der Waals surface area contributed by atoms with Gasteiger partial charge in [-0.1, -0.05) is 43.3 Å². The highest BCUT2D eigenvalue weighted by Gasteiger charge is 2.40. The summed E-state index contributed by atoms with van der Waals surface area (Å²) in [5, 5.41) is 12.4. The van der Waals surface area contributed by atoms with Crippen LogP contribution in [0.3, 0.4) is 0 Å². The monoisotopic (exact) mass is 479 g/mol. The van der Waals surface area contributed by atoms with Crippen LogP contribution in [0, 0.1) is 11.6 Å². The maximum absolute atomic E-state index is 15.1. The predicted molar refractivity (Wildman–Crippen MR) is 125 cm³/mol. The fourth-order valence-corrected chi connectivity index (χ4v) is 4.68. The third-order valence-electron chi connectivity index (χ3n) is 6.38. The molecule has 0 aliphatic carbocycles. The Morgan fingerprint density at radius 3 is 2.60 bits per heavy atom. The van der Waals surface area contributed by atoms with E-state index >= 15 is 4.39 Å². The number of fused-ring (bicyclic) bond motifs is 5. The average Bonchev–Trinajstić information content (AvgIpc) is 2.89. The molecule has 2 aliphatic heterocycles. The van der Waals surface area contributed by atoms with Crippen molar-refractivity contribution in [2.24, 2.45) is 0 Å². The Hall–Kier alpha value is -4.14. The van der Waals surface area contributed by atoms with Crippen LogP contribution in [0.5, 0.6) is 11.5 Å². The lowest BCUT2D eigenvalue weighted by molar-refractivity contribution is 0.0626. The van der Waals surface area contributed by atoms with Crippen LogP contribution in [0.15, 0.2) is 71.7 Å². The number of benzene rings is 2. The van der Waals surface area contributed by atoms with Gasteiger partial charge in [0.15, 0.2) is 23.0 Å². The number of aromatic nitrogens is 1. The molecule has 3 heterocycles. The Labute approximate surface area is 200 Å². The molecule has 0 unspecified atom stereocenters. The van der Waals surface area contributed by atoms with Gasteiger partial charge in [-0.25, -0.2) is 4.39 Å². The Balaban J connectivity index is 1.84. The molecule has 0 fully saturated rings. The maximum Gasteiger partial charge on any atom is 0.278 e. The van der Waals surface area contributed by atoms with Gasteiger partial charge in [-0.2, -0.15) is 4.39 Å². The third-order valence-corrected chi connectivity index (χ3v) is 6.38. The number of pyridine rings is 1. The number of aromatic hydroxyl groups is 1. The molecule has 2 atom stereocenters. The molecule has 2 bridgehead atoms. The van der Waals surface area contributed by atoms with Crippen molar-refractivity contribution in [3.8, 4) is 11.5 Å². The Bertz CT molecular complexity index is 1370. The minimum Gasteiger partial charge on any atom is -0.502 e. The van der Waals surface area contributed by atoms with E-state index in [0.717, 1.165) is 12.1 Å². The Kier molecular flexibility index (Phi) is 5.76. The summed E-state index contributed by atoms with van der Waals surface area (Å²) in [6.45, 7) is 1.91. The van der Waals surface area contributed by atoms with E-state index in [2.05, 4.69) is 0 Å². The molecule has 0 saturated carbocycles. The molecule has 2 aliphatic rings. The van der Waals surface area contributed by atoms with Crippen molar-refractivity contribution in [1.82, 2.24) is 9.58 Å². The predicted octanol–water partition coefficient (Wildman–Crippen LogP) is 3.70. The molecule has 7 nitrogen and oxygen atoms in total. The van der Waals surface area contributed by atoms with Gasteiger partial charge in [0.2, 0.25) is 11.2 Å². The van der Waals surface area contributed by atoms with E-state index in [0.29, 0.717) is 17.5 Å². The van der Waals surface area contributed by atoms with Gasteiger partial charge >= 0.3 is 0 Å². The van der Waals surface area contributed by atoms with Crippen LogP contribution in [0.2, 0.25) is 0 Å². The second kappa shape index (κ2) is 8.90. The minimum atomic E-state index is -1.11. The van der Waals surface area contributed by atoms with Crippen LogP contribution in [0.4, 0.5) is 8.78 Å². The van der Waals surface area contributed by atoms with Crippen LogP contribution in [-0.2, 0) is 0 Å². The summed E-state index contributed by atoms with van der Waals surface area (Å²) in [4.78, 5) is 27.4. The van der Waals surface area contributed by atoms with Crippen LogP contribution in [0.1, 0.15) is 41.0 Å². The lowest BCUT2D eigenvalue weighted by atomic mass is 9.96. The van der Waals surface area contributed by atoms with Gasteiger partial charge in [0.05, 0.1) is 6.04 Å². The summed E-state index contributed by atoms with van der Waals surface area (Å²) < 4.78 is 36.5. The fraction of sp³-hybridized carbons (Fsp3) is 0.231. The second-order valence-electron chi connectivity index (χ2n) is 8.39. The molecule has 5 rings (SSSR count). The molecule has 0 saturated heterocycles. The number of halogens is 2. The van der Waals surface area contributed by atoms with Crippen LogP contribution >= 0.6 is 0 Å². The third kappa shape index (κ3) is 3.73. The van der Waals surface area contributed by atoms with Gasteiger partial charge < -0.3 is 14.7 Å². The quantitative estimate of drug-likeness (QED) is 0.568. The number of rotatable bonds is 2. The largest absolute Gasteiger partial charge is 0.502 e. The molecule has 2 aromatic carbocycles. The van der Waals surface area contributed by atoms with E-state index < -0.39 is 40.8 Å². The number of carbonyl (C=O) groups excluding carboxylic acids is 1. The van der Waals surface area contributed by atoms with E-state index in [1.54, 1.807) is 22.1 Å². The van der Waals surface area contributed by atoms with Gasteiger partial charge in [0.1, 0.15) is 19.3 Å². The van der Waals surface area contributed by atoms with E-state index in [4.69, 9.17) is 4.74 Å². The molecule has 3 aromatic rings. The highest BCUT2D eigenvalue weighted by atomic mass is 19.2. The number of carbonyl (C=O) groups is 1. The van der Waals surface area contributed by atoms with Gasteiger partial charge in [-0.15, -0.1) is 0 Å². The van der Waals surface area contributed by atoms with E-state index in [9.17, 15) is 19.1 Å². The van der Waals surface area contributed by atoms with Crippen molar-refractivity contribution in [1.29, 1.82) is 0 Å². The first kappa shape index (κ1) is 22.6. The van der Waals surface area contributed by atoms with E-state index in [-0.39, 0.29) is 24.7 Å². The Morgan fingerprint density at radius 2 is 1.86 bits per heavy atom. The molecule has 0 radical (unpaired) electrons. The zero-order chi connectivity index (χ0) is 24.7. The van der Waals surface area contributed by atoms with Gasteiger partial charge in [-0.3, -0.25) is 19.3 Å². The SMILES string of the molecule is CC[C@H]1/C=C\COc2c(ccc(F)c2F)[C@H](c2ccccc2)N2CN1C(=O)c1c(O)c(=O)ccn12. The summed E-state index contributed by atoms with van der Waals surface area (Å²) in [7, 11) is 0. The number of nitrogens with zero attached hydrogens (tertiary/aromatic N) is 3. The first-order valence-corrected chi connectivity index (χ1v) is 11.3. The minimum absolute atomic E-state index is 0.0382. The lowest BCUT2D eigenvalue weighted by Gasteiger charge is -2.45. The molecular weight excluding hydrogens is 456 g/mol. The van der Waals surface area contributed by atoms with Crippen molar-refractivity contribution in [3.05, 3.63) is 106 Å². The Morgan fingerprint density at radius 1 is 1.09 bits per heavy atom. The van der Waals surface area contributed by atoms with Crippen LogP contribution in [-0.4, -0.2) is 39.9 Å². The van der Waals surface area contributed by atoms with Crippen LogP contribution < -0.4 is 15.2 Å². The molecule has 180 valence electrons. The second-order valence-corrected chi connectivity index (χ2v) is 8.39. The molecule has 1 N–H and O–H groups in total. The highest BCUT2D eigenvalue weighted by Crippen LogP contribution is 2.39. The van der Waals surface area contributed by atoms with Crippen molar-refractivity contribution in [2.75, 3.05) is 18.3 Å². The molecule has 9 heteroatoms. The van der Waals surface area contributed by atoms with Gasteiger partial charge in [0, 0.05) is 17.8 Å². The van der Waals surface area contributed by atoms with Crippen LogP contribution in [0.25, 0.3) is 0 Å². The summed E-state index contributed by atoms with van der Waals surface area (Å²) >= 11 is 0. The van der Waals surface area contributed by atoms with Crippen molar-refractivity contribution in [2.45, 2.75) is 25.4 Å². The molecule has 35 heavy (non-hydrogen) atoms. The van der Waals surface area contributed by atoms with Gasteiger partial charge in [0.25, 0.3) is 5.91 Å². The zero-order valence-corrected chi connectivity index (χ0v) is 18.9. The highest BCUT2D eigenvalue weighted by molar-refractivity contribution is 5.96. The van der Waals surface area contributed by atoms with Gasteiger partial charge in [-0.05, 0) is 30.2 Å². The van der Waals surface area contributed by atoms with Crippen molar-refractivity contribution in [3.63, 3.8) is 0 Å². The molecule has 1 amide bonds. The van der Waals surface area contributed by atoms with Crippen molar-refractivity contribution < 1.29 is 23.4 Å². The first-order valence-electron chi connectivity index (χ1n) is 11.3. The fourth-order valence-electron chi connectivity index (χ4n) is 4.68. The number of hydrogen-bond acceptors (Lipinski definition) is 5. The standard InChI is InChI=1S/C26H23F2N3O4/c1-2-17-9-6-14-35-25-18(10-11-19(27)21(25)28)22(16-7-4-3-5-8-16)31-15-29(17)26(34)23-24(33)20(32)12-13-30(23)31/h3-13,17,22,33H,2,14-15H2,1H3/b9-6-/t17-,22-/m0/s1. The topological polar surface area (TPSA) is 75.0 Å².